The molecular formula is C14H26N4. The molecule has 0 radical (unpaired) electrons. The van der Waals surface area contributed by atoms with Crippen LogP contribution in [-0.2, 0) is 13.1 Å². The van der Waals surface area contributed by atoms with E-state index in [1.54, 1.807) is 6.33 Å². The van der Waals surface area contributed by atoms with Crippen LogP contribution in [-0.4, -0.2) is 20.8 Å². The fourth-order valence-corrected chi connectivity index (χ4v) is 2.79. The van der Waals surface area contributed by atoms with Gasteiger partial charge in [-0.05, 0) is 37.5 Å². The lowest BCUT2D eigenvalue weighted by molar-refractivity contribution is 0.224. The molecule has 1 N–H and O–H groups in total. The SMILES string of the molecule is CCCn1ncnc1CNC1CCC(C)C(C)C1. The minimum Gasteiger partial charge on any atom is -0.307 e. The zero-order valence-corrected chi connectivity index (χ0v) is 11.9. The van der Waals surface area contributed by atoms with Crippen LogP contribution in [0.3, 0.4) is 0 Å². The highest BCUT2D eigenvalue weighted by Crippen LogP contribution is 2.29. The van der Waals surface area contributed by atoms with Gasteiger partial charge in [-0.3, -0.25) is 0 Å². The van der Waals surface area contributed by atoms with Crippen molar-refractivity contribution >= 4 is 0 Å². The summed E-state index contributed by atoms with van der Waals surface area (Å²) in [6.45, 7) is 8.74. The Bertz CT molecular complexity index is 360. The molecule has 0 spiro atoms. The Morgan fingerprint density at radius 3 is 2.89 bits per heavy atom. The predicted molar refractivity (Wildman–Crippen MR) is 73.1 cm³/mol. The summed E-state index contributed by atoms with van der Waals surface area (Å²) in [7, 11) is 0. The van der Waals surface area contributed by atoms with E-state index in [4.69, 9.17) is 0 Å². The second-order valence-electron chi connectivity index (χ2n) is 5.74. The quantitative estimate of drug-likeness (QED) is 0.873. The first kappa shape index (κ1) is 13.5. The van der Waals surface area contributed by atoms with Gasteiger partial charge in [0.1, 0.15) is 12.2 Å². The van der Waals surface area contributed by atoms with Crippen LogP contribution in [0.4, 0.5) is 0 Å². The Morgan fingerprint density at radius 1 is 1.33 bits per heavy atom. The summed E-state index contributed by atoms with van der Waals surface area (Å²) in [5.74, 6) is 2.79. The van der Waals surface area contributed by atoms with E-state index in [0.717, 1.165) is 37.2 Å². The van der Waals surface area contributed by atoms with E-state index in [-0.39, 0.29) is 0 Å². The van der Waals surface area contributed by atoms with Gasteiger partial charge in [0.05, 0.1) is 6.54 Å². The highest BCUT2D eigenvalue weighted by Gasteiger charge is 2.24. The third-order valence-corrected chi connectivity index (χ3v) is 4.28. The summed E-state index contributed by atoms with van der Waals surface area (Å²) in [4.78, 5) is 4.34. The Morgan fingerprint density at radius 2 is 2.17 bits per heavy atom. The molecule has 1 aromatic rings. The van der Waals surface area contributed by atoms with Crippen LogP contribution < -0.4 is 5.32 Å². The lowest BCUT2D eigenvalue weighted by Crippen LogP contribution is -2.36. The van der Waals surface area contributed by atoms with Gasteiger partial charge >= 0.3 is 0 Å². The monoisotopic (exact) mass is 250 g/mol. The number of nitrogens with one attached hydrogen (secondary N) is 1. The van der Waals surface area contributed by atoms with Crippen LogP contribution >= 0.6 is 0 Å². The van der Waals surface area contributed by atoms with Crippen molar-refractivity contribution in [2.45, 2.75) is 65.6 Å². The van der Waals surface area contributed by atoms with E-state index in [1.165, 1.54) is 19.3 Å². The van der Waals surface area contributed by atoms with Crippen LogP contribution in [0, 0.1) is 11.8 Å². The van der Waals surface area contributed by atoms with E-state index in [2.05, 4.69) is 36.2 Å². The van der Waals surface area contributed by atoms with Crippen LogP contribution in [0.5, 0.6) is 0 Å². The Kier molecular flexibility index (Phi) is 4.75. The largest absolute Gasteiger partial charge is 0.307 e. The number of aryl methyl sites for hydroxylation is 1. The smallest absolute Gasteiger partial charge is 0.140 e. The Hall–Kier alpha value is -0.900. The second-order valence-corrected chi connectivity index (χ2v) is 5.74. The van der Waals surface area contributed by atoms with E-state index in [0.29, 0.717) is 6.04 Å². The molecule has 1 fully saturated rings. The first-order valence-corrected chi connectivity index (χ1v) is 7.30. The molecule has 0 aromatic carbocycles. The van der Waals surface area contributed by atoms with Crippen LogP contribution in [0.1, 0.15) is 52.3 Å². The molecule has 1 aromatic heterocycles. The third-order valence-electron chi connectivity index (χ3n) is 4.28. The molecule has 0 saturated heterocycles. The summed E-state index contributed by atoms with van der Waals surface area (Å²) in [5, 5.41) is 7.91. The summed E-state index contributed by atoms with van der Waals surface area (Å²) in [6.07, 6.45) is 6.71. The van der Waals surface area contributed by atoms with Crippen molar-refractivity contribution in [3.8, 4) is 0 Å². The maximum atomic E-state index is 4.34. The number of hydrogen-bond acceptors (Lipinski definition) is 3. The van der Waals surface area contributed by atoms with Gasteiger partial charge in [-0.1, -0.05) is 20.8 Å². The van der Waals surface area contributed by atoms with Gasteiger partial charge in [-0.2, -0.15) is 5.10 Å². The van der Waals surface area contributed by atoms with E-state index < -0.39 is 0 Å². The molecule has 1 saturated carbocycles. The molecule has 3 unspecified atom stereocenters. The van der Waals surface area contributed by atoms with Crippen molar-refractivity contribution in [2.75, 3.05) is 0 Å². The molecular weight excluding hydrogens is 224 g/mol. The fourth-order valence-electron chi connectivity index (χ4n) is 2.79. The molecule has 4 heteroatoms. The molecule has 102 valence electrons. The zero-order valence-electron chi connectivity index (χ0n) is 11.9. The zero-order chi connectivity index (χ0) is 13.0. The second kappa shape index (κ2) is 6.32. The van der Waals surface area contributed by atoms with Crippen molar-refractivity contribution in [2.24, 2.45) is 11.8 Å². The van der Waals surface area contributed by atoms with Gasteiger partial charge in [-0.15, -0.1) is 0 Å². The minimum atomic E-state index is 0.656. The van der Waals surface area contributed by atoms with E-state index >= 15 is 0 Å². The molecule has 4 nitrogen and oxygen atoms in total. The average Bonchev–Trinajstić information content (AvgIpc) is 2.79. The van der Waals surface area contributed by atoms with Gasteiger partial charge in [-0.25, -0.2) is 9.67 Å². The highest BCUT2D eigenvalue weighted by molar-refractivity contribution is 4.87. The van der Waals surface area contributed by atoms with Gasteiger partial charge in [0.15, 0.2) is 0 Å². The first-order chi connectivity index (χ1) is 8.70. The van der Waals surface area contributed by atoms with Crippen LogP contribution in [0.2, 0.25) is 0 Å². The van der Waals surface area contributed by atoms with Gasteiger partial charge in [0.25, 0.3) is 0 Å². The van der Waals surface area contributed by atoms with Gasteiger partial charge < -0.3 is 5.32 Å². The molecule has 1 heterocycles. The highest BCUT2D eigenvalue weighted by atomic mass is 15.3. The van der Waals surface area contributed by atoms with Crippen molar-refractivity contribution < 1.29 is 0 Å². The third kappa shape index (κ3) is 3.31. The number of aromatic nitrogens is 3. The number of hydrogen-bond donors (Lipinski definition) is 1. The molecule has 1 aliphatic rings. The molecule has 18 heavy (non-hydrogen) atoms. The minimum absolute atomic E-state index is 0.656. The summed E-state index contributed by atoms with van der Waals surface area (Å²) >= 11 is 0. The summed E-state index contributed by atoms with van der Waals surface area (Å²) in [5.41, 5.74) is 0. The van der Waals surface area contributed by atoms with E-state index in [1.807, 2.05) is 4.68 Å². The van der Waals surface area contributed by atoms with Crippen molar-refractivity contribution in [1.29, 1.82) is 0 Å². The van der Waals surface area contributed by atoms with Crippen molar-refractivity contribution in [1.82, 2.24) is 20.1 Å². The molecule has 0 amide bonds. The van der Waals surface area contributed by atoms with Crippen LogP contribution in [0.25, 0.3) is 0 Å². The maximum absolute atomic E-state index is 4.34. The lowest BCUT2D eigenvalue weighted by Gasteiger charge is -2.32. The Labute approximate surface area is 110 Å². The lowest BCUT2D eigenvalue weighted by atomic mass is 9.79. The summed E-state index contributed by atoms with van der Waals surface area (Å²) < 4.78 is 2.02. The fraction of sp³-hybridized carbons (Fsp3) is 0.857. The molecule has 3 atom stereocenters. The summed E-state index contributed by atoms with van der Waals surface area (Å²) in [6, 6.07) is 0.656. The normalized spacial score (nSPS) is 28.5. The number of rotatable bonds is 5. The van der Waals surface area contributed by atoms with Gasteiger partial charge in [0, 0.05) is 12.6 Å². The first-order valence-electron chi connectivity index (χ1n) is 7.30. The van der Waals surface area contributed by atoms with E-state index in [9.17, 15) is 0 Å². The molecule has 2 rings (SSSR count). The molecule has 0 bridgehead atoms. The maximum Gasteiger partial charge on any atom is 0.140 e. The van der Waals surface area contributed by atoms with Gasteiger partial charge in [0.2, 0.25) is 0 Å². The standard InChI is InChI=1S/C14H26N4/c1-4-7-18-14(16-10-17-18)9-15-13-6-5-11(2)12(3)8-13/h10-13,15H,4-9H2,1-3H3. The molecule has 1 aliphatic carbocycles. The number of nitrogens with zero attached hydrogens (tertiary/aromatic N) is 3. The topological polar surface area (TPSA) is 42.7 Å². The average molecular weight is 250 g/mol. The molecule has 0 aliphatic heterocycles. The Balaban J connectivity index is 1.82. The predicted octanol–water partition coefficient (Wildman–Crippen LogP) is 2.60. The van der Waals surface area contributed by atoms with Crippen LogP contribution in [0.15, 0.2) is 6.33 Å². The van der Waals surface area contributed by atoms with Crippen molar-refractivity contribution in [3.63, 3.8) is 0 Å². The van der Waals surface area contributed by atoms with Crippen molar-refractivity contribution in [3.05, 3.63) is 12.2 Å².